The third-order valence-electron chi connectivity index (χ3n) is 3.86. The van der Waals surface area contributed by atoms with Gasteiger partial charge < -0.3 is 0 Å². The molecule has 0 N–H and O–H groups in total. The van der Waals surface area contributed by atoms with Crippen LogP contribution in [0.1, 0.15) is 30.4 Å². The van der Waals surface area contributed by atoms with Gasteiger partial charge in [0.2, 0.25) is 0 Å². The average molecular weight is 264 g/mol. The molecule has 3 rings (SSSR count). The molecule has 0 aliphatic carbocycles. The maximum Gasteiger partial charge on any atom is 0.123 e. The molecule has 1 unspecified atom stereocenters. The molecular formula is C19H17F. The van der Waals surface area contributed by atoms with E-state index in [2.05, 4.69) is 49.4 Å². The Hall–Kier alpha value is -2.15. The Kier molecular flexibility index (Phi) is 3.51. The number of hydrogen-bond acceptors (Lipinski definition) is 0. The van der Waals surface area contributed by atoms with Crippen LogP contribution < -0.4 is 0 Å². The number of hydrogen-bond donors (Lipinski definition) is 0. The maximum absolute atomic E-state index is 13.5. The Morgan fingerprint density at radius 3 is 2.45 bits per heavy atom. The summed E-state index contributed by atoms with van der Waals surface area (Å²) in [4.78, 5) is 0. The Balaban J connectivity index is 2.17. The number of fused-ring (bicyclic) bond motifs is 1. The molecule has 3 aromatic carbocycles. The zero-order valence-corrected chi connectivity index (χ0v) is 11.5. The van der Waals surface area contributed by atoms with Crippen molar-refractivity contribution in [1.29, 1.82) is 0 Å². The van der Waals surface area contributed by atoms with E-state index in [9.17, 15) is 4.39 Å². The van der Waals surface area contributed by atoms with Gasteiger partial charge in [-0.15, -0.1) is 0 Å². The molecule has 0 nitrogen and oxygen atoms in total. The second kappa shape index (κ2) is 5.46. The molecule has 1 heteroatoms. The zero-order chi connectivity index (χ0) is 13.9. The van der Waals surface area contributed by atoms with E-state index in [-0.39, 0.29) is 11.7 Å². The van der Waals surface area contributed by atoms with Crippen LogP contribution in [0, 0.1) is 5.82 Å². The fourth-order valence-corrected chi connectivity index (χ4v) is 2.91. The van der Waals surface area contributed by atoms with E-state index >= 15 is 0 Å². The molecule has 0 amide bonds. The van der Waals surface area contributed by atoms with Crippen LogP contribution in [0.3, 0.4) is 0 Å². The Bertz CT molecular complexity index is 725. The van der Waals surface area contributed by atoms with Gasteiger partial charge in [-0.05, 0) is 40.5 Å². The highest BCUT2D eigenvalue weighted by atomic mass is 19.1. The van der Waals surface area contributed by atoms with E-state index < -0.39 is 0 Å². The van der Waals surface area contributed by atoms with Crippen LogP contribution in [0.15, 0.2) is 66.7 Å². The summed E-state index contributed by atoms with van der Waals surface area (Å²) in [7, 11) is 0. The van der Waals surface area contributed by atoms with E-state index in [0.717, 1.165) is 12.0 Å². The van der Waals surface area contributed by atoms with Crippen LogP contribution in [-0.4, -0.2) is 0 Å². The van der Waals surface area contributed by atoms with Crippen LogP contribution in [-0.2, 0) is 0 Å². The largest absolute Gasteiger partial charge is 0.207 e. The molecule has 0 saturated heterocycles. The maximum atomic E-state index is 13.5. The van der Waals surface area contributed by atoms with E-state index in [0.29, 0.717) is 0 Å². The van der Waals surface area contributed by atoms with Gasteiger partial charge >= 0.3 is 0 Å². The minimum absolute atomic E-state index is 0.166. The van der Waals surface area contributed by atoms with Gasteiger partial charge in [0, 0.05) is 5.92 Å². The van der Waals surface area contributed by atoms with Crippen molar-refractivity contribution in [3.8, 4) is 0 Å². The summed E-state index contributed by atoms with van der Waals surface area (Å²) in [5.74, 6) is 0.0676. The lowest BCUT2D eigenvalue weighted by Crippen LogP contribution is -2.01. The quantitative estimate of drug-likeness (QED) is 0.584. The summed E-state index contributed by atoms with van der Waals surface area (Å²) in [5, 5.41) is 2.49. The van der Waals surface area contributed by atoms with Gasteiger partial charge in [0.15, 0.2) is 0 Å². The van der Waals surface area contributed by atoms with Crippen LogP contribution >= 0.6 is 0 Å². The topological polar surface area (TPSA) is 0 Å². The smallest absolute Gasteiger partial charge is 0.123 e. The summed E-state index contributed by atoms with van der Waals surface area (Å²) in [6, 6.07) is 21.7. The van der Waals surface area contributed by atoms with Crippen molar-refractivity contribution >= 4 is 10.8 Å². The van der Waals surface area contributed by atoms with Gasteiger partial charge in [-0.2, -0.15) is 0 Å². The van der Waals surface area contributed by atoms with E-state index in [1.807, 2.05) is 6.07 Å². The monoisotopic (exact) mass is 264 g/mol. The second-order valence-corrected chi connectivity index (χ2v) is 5.08. The van der Waals surface area contributed by atoms with Crippen molar-refractivity contribution < 1.29 is 4.39 Å². The number of benzene rings is 3. The Morgan fingerprint density at radius 1 is 0.900 bits per heavy atom. The normalized spacial score (nSPS) is 12.5. The first-order chi connectivity index (χ1) is 9.79. The lowest BCUT2D eigenvalue weighted by Gasteiger charge is -2.18. The van der Waals surface area contributed by atoms with Crippen molar-refractivity contribution in [2.24, 2.45) is 0 Å². The summed E-state index contributed by atoms with van der Waals surface area (Å²) in [5.41, 5.74) is 2.32. The molecule has 0 aliphatic heterocycles. The summed E-state index contributed by atoms with van der Waals surface area (Å²) in [6.45, 7) is 2.15. The van der Waals surface area contributed by atoms with Gasteiger partial charge in [-0.1, -0.05) is 61.5 Å². The molecule has 0 saturated carbocycles. The molecule has 0 heterocycles. The summed E-state index contributed by atoms with van der Waals surface area (Å²) >= 11 is 0. The number of rotatable bonds is 3. The highest BCUT2D eigenvalue weighted by Gasteiger charge is 2.15. The molecule has 0 spiro atoms. The van der Waals surface area contributed by atoms with Crippen molar-refractivity contribution in [2.75, 3.05) is 0 Å². The van der Waals surface area contributed by atoms with Crippen molar-refractivity contribution in [1.82, 2.24) is 0 Å². The van der Waals surface area contributed by atoms with Crippen molar-refractivity contribution in [3.05, 3.63) is 83.7 Å². The fraction of sp³-hybridized carbons (Fsp3) is 0.158. The van der Waals surface area contributed by atoms with E-state index in [1.54, 1.807) is 12.1 Å². The average Bonchev–Trinajstić information content (AvgIpc) is 2.48. The van der Waals surface area contributed by atoms with E-state index in [1.165, 1.54) is 22.4 Å². The lowest BCUT2D eigenvalue weighted by molar-refractivity contribution is 0.622. The lowest BCUT2D eigenvalue weighted by atomic mass is 9.86. The molecular weight excluding hydrogens is 247 g/mol. The van der Waals surface area contributed by atoms with Gasteiger partial charge in [-0.25, -0.2) is 4.39 Å². The SMILES string of the molecule is CCC(c1cccc(F)c1)c1cccc2ccccc12. The minimum Gasteiger partial charge on any atom is -0.207 e. The molecule has 20 heavy (non-hydrogen) atoms. The standard InChI is InChI=1S/C19H17F/c1-2-17(15-9-5-10-16(20)13-15)19-12-6-8-14-7-3-4-11-18(14)19/h3-13,17H,2H2,1H3. The molecule has 100 valence electrons. The number of halogens is 1. The van der Waals surface area contributed by atoms with Crippen molar-refractivity contribution in [2.45, 2.75) is 19.3 Å². The molecule has 0 bridgehead atoms. The molecule has 3 aromatic rings. The highest BCUT2D eigenvalue weighted by Crippen LogP contribution is 2.33. The van der Waals surface area contributed by atoms with Gasteiger partial charge in [0.1, 0.15) is 5.82 Å². The third-order valence-corrected chi connectivity index (χ3v) is 3.86. The Morgan fingerprint density at radius 2 is 1.65 bits per heavy atom. The van der Waals surface area contributed by atoms with Crippen LogP contribution in [0.5, 0.6) is 0 Å². The van der Waals surface area contributed by atoms with Gasteiger partial charge in [0.05, 0.1) is 0 Å². The summed E-state index contributed by atoms with van der Waals surface area (Å²) < 4.78 is 13.5. The molecule has 1 atom stereocenters. The summed E-state index contributed by atoms with van der Waals surface area (Å²) in [6.07, 6.45) is 0.956. The molecule has 0 fully saturated rings. The minimum atomic E-state index is -0.166. The Labute approximate surface area is 118 Å². The first-order valence-electron chi connectivity index (χ1n) is 7.02. The molecule has 0 aromatic heterocycles. The van der Waals surface area contributed by atoms with Crippen LogP contribution in [0.25, 0.3) is 10.8 Å². The van der Waals surface area contributed by atoms with Gasteiger partial charge in [-0.3, -0.25) is 0 Å². The predicted molar refractivity (Wildman–Crippen MR) is 82.5 cm³/mol. The van der Waals surface area contributed by atoms with Crippen LogP contribution in [0.4, 0.5) is 4.39 Å². The van der Waals surface area contributed by atoms with E-state index in [4.69, 9.17) is 0 Å². The third kappa shape index (κ3) is 2.32. The van der Waals surface area contributed by atoms with Crippen LogP contribution in [0.2, 0.25) is 0 Å². The molecule has 0 radical (unpaired) electrons. The molecule has 0 aliphatic rings. The predicted octanol–water partition coefficient (Wildman–Crippen LogP) is 5.52. The first kappa shape index (κ1) is 12.9. The fourth-order valence-electron chi connectivity index (χ4n) is 2.91. The zero-order valence-electron chi connectivity index (χ0n) is 11.5. The highest BCUT2D eigenvalue weighted by molar-refractivity contribution is 5.86. The van der Waals surface area contributed by atoms with Gasteiger partial charge in [0.25, 0.3) is 0 Å². The second-order valence-electron chi connectivity index (χ2n) is 5.08. The first-order valence-corrected chi connectivity index (χ1v) is 7.02. The van der Waals surface area contributed by atoms with Crippen molar-refractivity contribution in [3.63, 3.8) is 0 Å².